The van der Waals surface area contributed by atoms with Gasteiger partial charge in [0.05, 0.1) is 11.6 Å². The first-order valence-electron chi connectivity index (χ1n) is 11.0. The molecule has 0 aromatic heterocycles. The minimum absolute atomic E-state index is 0.0366. The molecule has 0 radical (unpaired) electrons. The highest BCUT2D eigenvalue weighted by molar-refractivity contribution is 7.87. The largest absolute Gasteiger partial charge is 0.490 e. The maximum atomic E-state index is 12.8. The number of halogens is 1. The predicted molar refractivity (Wildman–Crippen MR) is 140 cm³/mol. The van der Waals surface area contributed by atoms with Gasteiger partial charge in [-0.15, -0.1) is 0 Å². The molecule has 3 aromatic rings. The predicted octanol–water partition coefficient (Wildman–Crippen LogP) is 5.98. The molecule has 0 bridgehead atoms. The van der Waals surface area contributed by atoms with Gasteiger partial charge in [0, 0.05) is 5.69 Å². The van der Waals surface area contributed by atoms with Gasteiger partial charge in [-0.05, 0) is 80.8 Å². The summed E-state index contributed by atoms with van der Waals surface area (Å²) in [7, 11) is -4.19. The summed E-state index contributed by atoms with van der Waals surface area (Å²) >= 11 is 6.38. The van der Waals surface area contributed by atoms with Gasteiger partial charge >= 0.3 is 10.1 Å². The molecular formula is C27H25ClN2O5S. The van der Waals surface area contributed by atoms with E-state index in [9.17, 15) is 18.5 Å². The van der Waals surface area contributed by atoms with E-state index in [-0.39, 0.29) is 33.6 Å². The topological polar surface area (TPSA) is 105 Å². The number of anilines is 1. The SMILES string of the molecule is CCOc1cc(/C=C(\C#N)C(=O)Nc2cccc(C)c2C)cc(Cl)c1OS(=O)(=O)c1ccc(C)cc1. The van der Waals surface area contributed by atoms with Crippen LogP contribution in [0.2, 0.25) is 5.02 Å². The monoisotopic (exact) mass is 524 g/mol. The Balaban J connectivity index is 1.95. The van der Waals surface area contributed by atoms with Gasteiger partial charge in [-0.1, -0.05) is 41.4 Å². The van der Waals surface area contributed by atoms with Crippen LogP contribution in [0.15, 0.2) is 65.1 Å². The first-order chi connectivity index (χ1) is 17.1. The summed E-state index contributed by atoms with van der Waals surface area (Å²) in [5.41, 5.74) is 3.57. The molecular weight excluding hydrogens is 500 g/mol. The van der Waals surface area contributed by atoms with Gasteiger partial charge in [0.15, 0.2) is 5.75 Å². The van der Waals surface area contributed by atoms with Crippen LogP contribution < -0.4 is 14.2 Å². The molecule has 3 rings (SSSR count). The fraction of sp³-hybridized carbons (Fsp3) is 0.185. The lowest BCUT2D eigenvalue weighted by Gasteiger charge is -2.14. The minimum atomic E-state index is -4.19. The molecule has 0 fully saturated rings. The molecule has 1 amide bonds. The molecule has 0 aliphatic carbocycles. The van der Waals surface area contributed by atoms with Gasteiger partial charge in [-0.2, -0.15) is 13.7 Å². The average Bonchev–Trinajstić information content (AvgIpc) is 2.83. The van der Waals surface area contributed by atoms with Gasteiger partial charge in [-0.3, -0.25) is 4.79 Å². The fourth-order valence-corrected chi connectivity index (χ4v) is 4.53. The number of amides is 1. The Bertz CT molecular complexity index is 1470. The smallest absolute Gasteiger partial charge is 0.339 e. The normalized spacial score (nSPS) is 11.5. The van der Waals surface area contributed by atoms with Crippen LogP contribution in [0.3, 0.4) is 0 Å². The van der Waals surface area contributed by atoms with Crippen LogP contribution in [0.5, 0.6) is 11.5 Å². The van der Waals surface area contributed by atoms with E-state index in [1.54, 1.807) is 25.1 Å². The van der Waals surface area contributed by atoms with Gasteiger partial charge in [0.25, 0.3) is 5.91 Å². The van der Waals surface area contributed by atoms with Crippen molar-refractivity contribution in [3.63, 3.8) is 0 Å². The zero-order valence-electron chi connectivity index (χ0n) is 20.3. The molecule has 0 aliphatic rings. The van der Waals surface area contributed by atoms with Crippen LogP contribution in [0.4, 0.5) is 5.69 Å². The van der Waals surface area contributed by atoms with Crippen LogP contribution in [0.1, 0.15) is 29.2 Å². The maximum absolute atomic E-state index is 12.8. The number of nitrogens with one attached hydrogen (secondary N) is 1. The number of nitriles is 1. The molecule has 0 spiro atoms. The van der Waals surface area contributed by atoms with Crippen LogP contribution in [-0.2, 0) is 14.9 Å². The zero-order valence-corrected chi connectivity index (χ0v) is 21.8. The van der Waals surface area contributed by atoms with Crippen molar-refractivity contribution in [1.29, 1.82) is 5.26 Å². The lowest BCUT2D eigenvalue weighted by Crippen LogP contribution is -2.14. The van der Waals surface area contributed by atoms with Crippen LogP contribution >= 0.6 is 11.6 Å². The van der Waals surface area contributed by atoms with E-state index in [0.717, 1.165) is 16.7 Å². The lowest BCUT2D eigenvalue weighted by molar-refractivity contribution is -0.112. The molecule has 0 aliphatic heterocycles. The fourth-order valence-electron chi connectivity index (χ4n) is 3.27. The number of benzene rings is 3. The first kappa shape index (κ1) is 26.8. The average molecular weight is 525 g/mol. The molecule has 186 valence electrons. The van der Waals surface area contributed by atoms with Crippen LogP contribution in [0.25, 0.3) is 6.08 Å². The second-order valence-electron chi connectivity index (χ2n) is 7.98. The van der Waals surface area contributed by atoms with Gasteiger partial charge in [0.1, 0.15) is 16.5 Å². The van der Waals surface area contributed by atoms with E-state index in [1.807, 2.05) is 39.0 Å². The standard InChI is InChI=1S/C27H25ClN2O5S/c1-5-34-25-15-20(13-21(16-29)27(31)30-24-8-6-7-18(3)19(24)4)14-23(28)26(25)35-36(32,33)22-11-9-17(2)10-12-22/h6-15H,5H2,1-4H3,(H,30,31)/b21-13+. The number of carbonyl (C=O) groups excluding carboxylic acids is 1. The molecule has 1 N–H and O–H groups in total. The molecule has 0 heterocycles. The summed E-state index contributed by atoms with van der Waals surface area (Å²) < 4.78 is 36.5. The van der Waals surface area contributed by atoms with E-state index >= 15 is 0 Å². The Hall–Kier alpha value is -3.80. The highest BCUT2D eigenvalue weighted by Gasteiger charge is 2.23. The summed E-state index contributed by atoms with van der Waals surface area (Å²) in [5.74, 6) is -0.726. The summed E-state index contributed by atoms with van der Waals surface area (Å²) in [4.78, 5) is 12.7. The zero-order chi connectivity index (χ0) is 26.5. The third-order valence-electron chi connectivity index (χ3n) is 5.36. The van der Waals surface area contributed by atoms with Crippen LogP contribution in [0, 0.1) is 32.1 Å². The Kier molecular flexibility index (Phi) is 8.41. The van der Waals surface area contributed by atoms with Crippen molar-refractivity contribution in [3.05, 3.63) is 87.4 Å². The number of carbonyl (C=O) groups is 1. The second kappa shape index (κ2) is 11.3. The van der Waals surface area contributed by atoms with E-state index in [4.69, 9.17) is 20.5 Å². The summed E-state index contributed by atoms with van der Waals surface area (Å²) in [5, 5.41) is 12.3. The van der Waals surface area contributed by atoms with Crippen molar-refractivity contribution in [2.75, 3.05) is 11.9 Å². The molecule has 9 heteroatoms. The maximum Gasteiger partial charge on any atom is 0.339 e. The summed E-state index contributed by atoms with van der Waals surface area (Å²) in [6.07, 6.45) is 1.34. The van der Waals surface area contributed by atoms with Crippen molar-refractivity contribution in [2.24, 2.45) is 0 Å². The number of rotatable bonds is 8. The first-order valence-corrected chi connectivity index (χ1v) is 12.8. The molecule has 3 aromatic carbocycles. The summed E-state index contributed by atoms with van der Waals surface area (Å²) in [6, 6.07) is 16.4. The number of aryl methyl sites for hydroxylation is 2. The quantitative estimate of drug-likeness (QED) is 0.221. The highest BCUT2D eigenvalue weighted by Crippen LogP contribution is 2.39. The summed E-state index contributed by atoms with van der Waals surface area (Å²) in [6.45, 7) is 7.55. The van der Waals surface area contributed by atoms with Crippen molar-refractivity contribution in [2.45, 2.75) is 32.6 Å². The molecule has 0 saturated heterocycles. The Morgan fingerprint density at radius 3 is 2.44 bits per heavy atom. The van der Waals surface area contributed by atoms with E-state index in [2.05, 4.69) is 5.32 Å². The molecule has 0 atom stereocenters. The van der Waals surface area contributed by atoms with Gasteiger partial charge < -0.3 is 14.2 Å². The van der Waals surface area contributed by atoms with Crippen molar-refractivity contribution >= 4 is 39.4 Å². The third-order valence-corrected chi connectivity index (χ3v) is 6.88. The number of nitrogens with zero attached hydrogens (tertiary/aromatic N) is 1. The van der Waals surface area contributed by atoms with Gasteiger partial charge in [-0.25, -0.2) is 0 Å². The van der Waals surface area contributed by atoms with Crippen molar-refractivity contribution in [3.8, 4) is 17.6 Å². The second-order valence-corrected chi connectivity index (χ2v) is 9.94. The van der Waals surface area contributed by atoms with E-state index < -0.39 is 16.0 Å². The van der Waals surface area contributed by atoms with E-state index in [0.29, 0.717) is 11.3 Å². The lowest BCUT2D eigenvalue weighted by atomic mass is 10.1. The van der Waals surface area contributed by atoms with Gasteiger partial charge in [0.2, 0.25) is 5.75 Å². The number of ether oxygens (including phenoxy) is 1. The minimum Gasteiger partial charge on any atom is -0.490 e. The Labute approximate surface area is 216 Å². The molecule has 36 heavy (non-hydrogen) atoms. The Morgan fingerprint density at radius 1 is 1.11 bits per heavy atom. The van der Waals surface area contributed by atoms with Crippen LogP contribution in [-0.4, -0.2) is 20.9 Å². The van der Waals surface area contributed by atoms with Crippen molar-refractivity contribution < 1.29 is 22.1 Å². The highest BCUT2D eigenvalue weighted by atomic mass is 35.5. The number of hydrogen-bond acceptors (Lipinski definition) is 6. The number of hydrogen-bond donors (Lipinski definition) is 1. The molecule has 0 unspecified atom stereocenters. The molecule has 7 nitrogen and oxygen atoms in total. The third kappa shape index (κ3) is 6.25. The molecule has 0 saturated carbocycles. The van der Waals surface area contributed by atoms with Crippen molar-refractivity contribution in [1.82, 2.24) is 0 Å². The van der Waals surface area contributed by atoms with E-state index in [1.165, 1.54) is 30.3 Å². The Morgan fingerprint density at radius 2 is 1.81 bits per heavy atom.